The number of hydrogen-bond acceptors (Lipinski definition) is 2. The molecular formula is C12H19NO. The van der Waals surface area contributed by atoms with Gasteiger partial charge in [0.05, 0.1) is 5.71 Å². The summed E-state index contributed by atoms with van der Waals surface area (Å²) in [5, 5.41) is 4.17. The van der Waals surface area contributed by atoms with Gasteiger partial charge in [0.1, 0.15) is 5.60 Å². The monoisotopic (exact) mass is 193 g/mol. The van der Waals surface area contributed by atoms with E-state index in [4.69, 9.17) is 4.84 Å². The summed E-state index contributed by atoms with van der Waals surface area (Å²) in [6.07, 6.45) is 5.02. The maximum atomic E-state index is 5.77. The van der Waals surface area contributed by atoms with E-state index < -0.39 is 0 Å². The number of hydrogen-bond donors (Lipinski definition) is 0. The van der Waals surface area contributed by atoms with Crippen LogP contribution in [0.5, 0.6) is 0 Å². The molecule has 2 bridgehead atoms. The first-order chi connectivity index (χ1) is 6.55. The Labute approximate surface area is 85.7 Å². The van der Waals surface area contributed by atoms with Crippen LogP contribution in [0.15, 0.2) is 5.16 Å². The first-order valence-electron chi connectivity index (χ1n) is 5.76. The molecule has 3 atom stereocenters. The molecule has 0 aromatic carbocycles. The van der Waals surface area contributed by atoms with Crippen LogP contribution in [0.25, 0.3) is 0 Å². The van der Waals surface area contributed by atoms with Gasteiger partial charge < -0.3 is 4.84 Å². The molecule has 4 aliphatic rings. The Morgan fingerprint density at radius 3 is 2.71 bits per heavy atom. The van der Waals surface area contributed by atoms with Crippen molar-refractivity contribution in [3.63, 3.8) is 0 Å². The van der Waals surface area contributed by atoms with Gasteiger partial charge >= 0.3 is 0 Å². The quantitative estimate of drug-likeness (QED) is 0.579. The summed E-state index contributed by atoms with van der Waals surface area (Å²) in [7, 11) is 0. The van der Waals surface area contributed by atoms with Gasteiger partial charge in [-0.05, 0) is 37.5 Å². The fourth-order valence-corrected chi connectivity index (χ4v) is 3.98. The fourth-order valence-electron chi connectivity index (χ4n) is 3.98. The first-order valence-corrected chi connectivity index (χ1v) is 5.76. The second kappa shape index (κ2) is 2.34. The minimum atomic E-state index is 0.0995. The molecule has 3 fully saturated rings. The van der Waals surface area contributed by atoms with Crippen molar-refractivity contribution in [1.29, 1.82) is 0 Å². The molecule has 0 aromatic rings. The molecule has 3 saturated carbocycles. The van der Waals surface area contributed by atoms with Gasteiger partial charge in [0.15, 0.2) is 0 Å². The Morgan fingerprint density at radius 2 is 2.21 bits per heavy atom. The first kappa shape index (κ1) is 8.75. The Hall–Kier alpha value is -0.530. The lowest BCUT2D eigenvalue weighted by molar-refractivity contribution is -0.214. The van der Waals surface area contributed by atoms with E-state index in [2.05, 4.69) is 25.9 Å². The molecule has 0 aromatic heterocycles. The van der Waals surface area contributed by atoms with Gasteiger partial charge in [0, 0.05) is 12.3 Å². The maximum absolute atomic E-state index is 5.77. The highest BCUT2D eigenvalue weighted by atomic mass is 16.7. The number of nitrogens with zero attached hydrogens (tertiary/aromatic N) is 1. The summed E-state index contributed by atoms with van der Waals surface area (Å²) in [4.78, 5) is 5.77. The zero-order valence-electron chi connectivity index (χ0n) is 9.34. The lowest BCUT2D eigenvalue weighted by Crippen LogP contribution is -2.61. The summed E-state index contributed by atoms with van der Waals surface area (Å²) in [6, 6.07) is 0. The number of fused-ring (bicyclic) bond motifs is 1. The van der Waals surface area contributed by atoms with Crippen LogP contribution in [0, 0.1) is 17.3 Å². The lowest BCUT2D eigenvalue weighted by Gasteiger charge is -2.62. The Bertz CT molecular complexity index is 305. The summed E-state index contributed by atoms with van der Waals surface area (Å²) < 4.78 is 0. The molecular weight excluding hydrogens is 174 g/mol. The summed E-state index contributed by atoms with van der Waals surface area (Å²) >= 11 is 0. The van der Waals surface area contributed by atoms with Crippen molar-refractivity contribution in [2.75, 3.05) is 0 Å². The summed E-state index contributed by atoms with van der Waals surface area (Å²) in [6.45, 7) is 6.90. The highest BCUT2D eigenvalue weighted by molar-refractivity contribution is 5.83. The predicted octanol–water partition coefficient (Wildman–Crippen LogP) is 2.98. The molecule has 78 valence electrons. The van der Waals surface area contributed by atoms with E-state index in [9.17, 15) is 0 Å². The maximum Gasteiger partial charge on any atom is 0.146 e. The number of oxime groups is 1. The molecule has 0 N–H and O–H groups in total. The van der Waals surface area contributed by atoms with E-state index in [0.717, 1.165) is 18.3 Å². The molecule has 0 unspecified atom stereocenters. The molecule has 4 rings (SSSR count). The zero-order valence-corrected chi connectivity index (χ0v) is 9.34. The molecule has 2 heteroatoms. The van der Waals surface area contributed by atoms with Gasteiger partial charge in [0.25, 0.3) is 0 Å². The molecule has 1 spiro atoms. The molecule has 0 amide bonds. The standard InChI is InChI=1S/C12H19NO/c1-8-7-12(14-13-8)5-4-9-6-10(12)11(9,2)3/h9-10H,4-7H2,1-3H3/t9-,10+,12+/m0/s1. The van der Waals surface area contributed by atoms with Crippen LogP contribution in [0.4, 0.5) is 0 Å². The van der Waals surface area contributed by atoms with Crippen molar-refractivity contribution in [2.45, 2.75) is 52.1 Å². The van der Waals surface area contributed by atoms with Crippen LogP contribution < -0.4 is 0 Å². The van der Waals surface area contributed by atoms with Crippen molar-refractivity contribution in [3.8, 4) is 0 Å². The van der Waals surface area contributed by atoms with Crippen molar-refractivity contribution >= 4 is 5.71 Å². The predicted molar refractivity (Wildman–Crippen MR) is 56.2 cm³/mol. The number of rotatable bonds is 0. The van der Waals surface area contributed by atoms with Gasteiger partial charge in [-0.3, -0.25) is 0 Å². The molecule has 14 heavy (non-hydrogen) atoms. The fraction of sp³-hybridized carbons (Fsp3) is 0.917. The van der Waals surface area contributed by atoms with E-state index in [1.54, 1.807) is 0 Å². The topological polar surface area (TPSA) is 21.6 Å². The van der Waals surface area contributed by atoms with Crippen LogP contribution in [-0.2, 0) is 4.84 Å². The Kier molecular flexibility index (Phi) is 1.46. The van der Waals surface area contributed by atoms with Crippen molar-refractivity contribution < 1.29 is 4.84 Å². The minimum Gasteiger partial charge on any atom is -0.389 e. The minimum absolute atomic E-state index is 0.0995. The molecule has 1 heterocycles. The van der Waals surface area contributed by atoms with Crippen LogP contribution in [0.1, 0.15) is 46.5 Å². The van der Waals surface area contributed by atoms with E-state index in [1.165, 1.54) is 25.0 Å². The van der Waals surface area contributed by atoms with E-state index in [-0.39, 0.29) is 5.60 Å². The highest BCUT2D eigenvalue weighted by Gasteiger charge is 2.63. The van der Waals surface area contributed by atoms with Crippen LogP contribution >= 0.6 is 0 Å². The molecule has 3 aliphatic carbocycles. The average molecular weight is 193 g/mol. The van der Waals surface area contributed by atoms with Crippen molar-refractivity contribution in [3.05, 3.63) is 0 Å². The summed E-state index contributed by atoms with van der Waals surface area (Å²) in [5.41, 5.74) is 1.78. The summed E-state index contributed by atoms with van der Waals surface area (Å²) in [5.74, 6) is 1.69. The van der Waals surface area contributed by atoms with E-state index in [1.807, 2.05) is 0 Å². The second-order valence-corrected chi connectivity index (χ2v) is 6.00. The SMILES string of the molecule is CC1=NO[C@]2(CC[C@H]3C[C@@H]2C3(C)C)C1. The molecule has 2 nitrogen and oxygen atoms in total. The lowest BCUT2D eigenvalue weighted by atomic mass is 9.43. The van der Waals surface area contributed by atoms with Gasteiger partial charge in [-0.1, -0.05) is 19.0 Å². The zero-order chi connectivity index (χ0) is 9.97. The third-order valence-electron chi connectivity index (χ3n) is 4.96. The highest BCUT2D eigenvalue weighted by Crippen LogP contribution is 2.65. The molecule has 0 radical (unpaired) electrons. The van der Waals surface area contributed by atoms with Crippen molar-refractivity contribution in [1.82, 2.24) is 0 Å². The van der Waals surface area contributed by atoms with Gasteiger partial charge in [-0.2, -0.15) is 0 Å². The smallest absolute Gasteiger partial charge is 0.146 e. The normalized spacial score (nSPS) is 48.4. The van der Waals surface area contributed by atoms with Crippen LogP contribution in [0.2, 0.25) is 0 Å². The second-order valence-electron chi connectivity index (χ2n) is 6.00. The van der Waals surface area contributed by atoms with Gasteiger partial charge in [-0.25, -0.2) is 0 Å². The van der Waals surface area contributed by atoms with Gasteiger partial charge in [0.2, 0.25) is 0 Å². The van der Waals surface area contributed by atoms with E-state index >= 15 is 0 Å². The van der Waals surface area contributed by atoms with E-state index in [0.29, 0.717) is 5.41 Å². The third-order valence-corrected chi connectivity index (χ3v) is 4.96. The van der Waals surface area contributed by atoms with Crippen LogP contribution in [0.3, 0.4) is 0 Å². The van der Waals surface area contributed by atoms with Crippen LogP contribution in [-0.4, -0.2) is 11.3 Å². The van der Waals surface area contributed by atoms with Gasteiger partial charge in [-0.15, -0.1) is 0 Å². The average Bonchev–Trinajstić information content (AvgIpc) is 2.47. The Balaban J connectivity index is 1.89. The van der Waals surface area contributed by atoms with Crippen molar-refractivity contribution in [2.24, 2.45) is 22.4 Å². The Morgan fingerprint density at radius 1 is 1.43 bits per heavy atom. The molecule has 0 saturated heterocycles. The molecule has 1 aliphatic heterocycles. The largest absolute Gasteiger partial charge is 0.389 e. The third kappa shape index (κ3) is 0.850.